The number of aromatic nitrogens is 1. The van der Waals surface area contributed by atoms with Gasteiger partial charge in [-0.05, 0) is 19.5 Å². The summed E-state index contributed by atoms with van der Waals surface area (Å²) in [4.78, 5) is 20.0. The van der Waals surface area contributed by atoms with Crippen LogP contribution in [0, 0.1) is 5.82 Å². The number of fused-ring (bicyclic) bond motifs is 1. The third kappa shape index (κ3) is 2.41. The molecule has 0 saturated carbocycles. The van der Waals surface area contributed by atoms with E-state index in [-0.39, 0.29) is 23.6 Å². The highest BCUT2D eigenvalue weighted by Crippen LogP contribution is 2.23. The van der Waals surface area contributed by atoms with Crippen LogP contribution in [-0.2, 0) is 4.74 Å². The van der Waals surface area contributed by atoms with Gasteiger partial charge in [-0.3, -0.25) is 14.7 Å². The Morgan fingerprint density at radius 3 is 3.15 bits per heavy atom. The lowest BCUT2D eigenvalue weighted by molar-refractivity contribution is -0.0893. The van der Waals surface area contributed by atoms with E-state index < -0.39 is 5.82 Å². The molecular weight excluding hydrogens is 261 g/mol. The number of piperidine rings is 1. The van der Waals surface area contributed by atoms with Crippen molar-refractivity contribution in [2.24, 2.45) is 0 Å². The molecule has 1 aromatic heterocycles. The van der Waals surface area contributed by atoms with Gasteiger partial charge in [0.25, 0.3) is 5.91 Å². The molecule has 0 unspecified atom stereocenters. The number of morpholine rings is 1. The Kier molecular flexibility index (Phi) is 3.67. The molecule has 5 nitrogen and oxygen atoms in total. The van der Waals surface area contributed by atoms with Gasteiger partial charge in [-0.15, -0.1) is 0 Å². The molecule has 2 atom stereocenters. The van der Waals surface area contributed by atoms with E-state index >= 15 is 0 Å². The number of hydrogen-bond acceptors (Lipinski definition) is 4. The van der Waals surface area contributed by atoms with E-state index in [1.807, 2.05) is 7.05 Å². The predicted molar refractivity (Wildman–Crippen MR) is 70.9 cm³/mol. The standard InChI is InChI=1S/C14H18FN3O2/c1-17-6-7-20-13-3-5-18(9-12(13)17)14(19)10-2-4-16-8-11(10)15/h2,4,8,12-13H,3,5-7,9H2,1H3/t12-,13-/m0/s1. The van der Waals surface area contributed by atoms with E-state index in [1.165, 1.54) is 12.3 Å². The zero-order valence-corrected chi connectivity index (χ0v) is 11.5. The molecule has 1 amide bonds. The monoisotopic (exact) mass is 279 g/mol. The molecule has 6 heteroatoms. The maximum Gasteiger partial charge on any atom is 0.257 e. The SMILES string of the molecule is CN1CCO[C@H]2CCN(C(=O)c3ccncc3F)C[C@@H]21. The summed E-state index contributed by atoms with van der Waals surface area (Å²) in [7, 11) is 2.04. The average Bonchev–Trinajstić information content (AvgIpc) is 2.47. The summed E-state index contributed by atoms with van der Waals surface area (Å²) in [5.41, 5.74) is 0.0952. The van der Waals surface area contributed by atoms with Gasteiger partial charge in [0.15, 0.2) is 5.82 Å². The Morgan fingerprint density at radius 1 is 1.50 bits per heavy atom. The van der Waals surface area contributed by atoms with Crippen LogP contribution in [0.5, 0.6) is 0 Å². The van der Waals surface area contributed by atoms with E-state index in [9.17, 15) is 9.18 Å². The van der Waals surface area contributed by atoms with Crippen molar-refractivity contribution in [2.45, 2.75) is 18.6 Å². The summed E-state index contributed by atoms with van der Waals surface area (Å²) in [6, 6.07) is 1.64. The first-order chi connectivity index (χ1) is 9.66. The molecule has 3 heterocycles. The maximum absolute atomic E-state index is 13.7. The molecule has 2 aliphatic heterocycles. The molecule has 2 aliphatic rings. The fourth-order valence-corrected chi connectivity index (χ4v) is 2.95. The smallest absolute Gasteiger partial charge is 0.257 e. The van der Waals surface area contributed by atoms with Crippen LogP contribution in [0.2, 0.25) is 0 Å². The van der Waals surface area contributed by atoms with Crippen molar-refractivity contribution in [3.8, 4) is 0 Å². The van der Waals surface area contributed by atoms with Crippen LogP contribution >= 0.6 is 0 Å². The van der Waals surface area contributed by atoms with Gasteiger partial charge < -0.3 is 9.64 Å². The Morgan fingerprint density at radius 2 is 2.35 bits per heavy atom. The van der Waals surface area contributed by atoms with Crippen LogP contribution in [0.25, 0.3) is 0 Å². The van der Waals surface area contributed by atoms with Crippen LogP contribution in [0.4, 0.5) is 4.39 Å². The lowest BCUT2D eigenvalue weighted by atomic mass is 9.98. The molecule has 2 fully saturated rings. The second-order valence-corrected chi connectivity index (χ2v) is 5.35. The molecule has 0 aliphatic carbocycles. The summed E-state index contributed by atoms with van der Waals surface area (Å²) >= 11 is 0. The minimum absolute atomic E-state index is 0.0952. The second-order valence-electron chi connectivity index (χ2n) is 5.35. The Balaban J connectivity index is 1.75. The van der Waals surface area contributed by atoms with Gasteiger partial charge in [-0.2, -0.15) is 0 Å². The zero-order valence-electron chi connectivity index (χ0n) is 11.5. The van der Waals surface area contributed by atoms with Gasteiger partial charge in [0.2, 0.25) is 0 Å². The van der Waals surface area contributed by atoms with Gasteiger partial charge in [-0.1, -0.05) is 0 Å². The first kappa shape index (κ1) is 13.5. The number of likely N-dealkylation sites (tertiary alicyclic amines) is 1. The predicted octanol–water partition coefficient (Wildman–Crippen LogP) is 0.766. The lowest BCUT2D eigenvalue weighted by Crippen LogP contribution is -2.59. The minimum Gasteiger partial charge on any atom is -0.375 e. The summed E-state index contributed by atoms with van der Waals surface area (Å²) in [5.74, 6) is -0.824. The first-order valence-electron chi connectivity index (χ1n) is 6.87. The summed E-state index contributed by atoms with van der Waals surface area (Å²) in [6.45, 7) is 2.80. The highest BCUT2D eigenvalue weighted by molar-refractivity contribution is 5.94. The molecule has 0 radical (unpaired) electrons. The van der Waals surface area contributed by atoms with Gasteiger partial charge in [0, 0.05) is 25.8 Å². The van der Waals surface area contributed by atoms with Crippen molar-refractivity contribution >= 4 is 5.91 Å². The minimum atomic E-state index is -0.562. The number of pyridine rings is 1. The molecule has 108 valence electrons. The molecule has 0 N–H and O–H groups in total. The molecule has 3 rings (SSSR count). The van der Waals surface area contributed by atoms with Crippen molar-refractivity contribution in [3.63, 3.8) is 0 Å². The molecule has 2 saturated heterocycles. The van der Waals surface area contributed by atoms with E-state index in [4.69, 9.17) is 4.74 Å². The van der Waals surface area contributed by atoms with Crippen LogP contribution in [-0.4, -0.2) is 66.1 Å². The number of nitrogens with zero attached hydrogens (tertiary/aromatic N) is 3. The van der Waals surface area contributed by atoms with E-state index in [0.717, 1.165) is 25.8 Å². The Bertz CT molecular complexity index is 511. The third-order valence-electron chi connectivity index (χ3n) is 4.15. The third-order valence-corrected chi connectivity index (χ3v) is 4.15. The van der Waals surface area contributed by atoms with Crippen LogP contribution < -0.4 is 0 Å². The topological polar surface area (TPSA) is 45.7 Å². The average molecular weight is 279 g/mol. The van der Waals surface area contributed by atoms with E-state index in [1.54, 1.807) is 4.90 Å². The quantitative estimate of drug-likeness (QED) is 0.761. The van der Waals surface area contributed by atoms with Gasteiger partial charge in [-0.25, -0.2) is 4.39 Å². The molecule has 0 spiro atoms. The summed E-state index contributed by atoms with van der Waals surface area (Å²) < 4.78 is 19.4. The number of carbonyl (C=O) groups is 1. The Labute approximate surface area is 117 Å². The van der Waals surface area contributed by atoms with E-state index in [2.05, 4.69) is 9.88 Å². The Hall–Kier alpha value is -1.53. The number of carbonyl (C=O) groups excluding carboxylic acids is 1. The molecular formula is C14H18FN3O2. The van der Waals surface area contributed by atoms with Crippen molar-refractivity contribution in [1.29, 1.82) is 0 Å². The van der Waals surface area contributed by atoms with E-state index in [0.29, 0.717) is 13.1 Å². The van der Waals surface area contributed by atoms with Crippen LogP contribution in [0.15, 0.2) is 18.5 Å². The fourth-order valence-electron chi connectivity index (χ4n) is 2.95. The highest BCUT2D eigenvalue weighted by Gasteiger charge is 2.37. The van der Waals surface area contributed by atoms with Crippen LogP contribution in [0.1, 0.15) is 16.8 Å². The second kappa shape index (κ2) is 5.46. The molecule has 0 bridgehead atoms. The number of halogens is 1. The van der Waals surface area contributed by atoms with Crippen LogP contribution in [0.3, 0.4) is 0 Å². The van der Waals surface area contributed by atoms with Gasteiger partial charge in [0.1, 0.15) is 0 Å². The molecule has 0 aromatic carbocycles. The van der Waals surface area contributed by atoms with Crippen molar-refractivity contribution in [1.82, 2.24) is 14.8 Å². The normalized spacial score (nSPS) is 27.2. The molecule has 1 aromatic rings. The van der Waals surface area contributed by atoms with Gasteiger partial charge >= 0.3 is 0 Å². The summed E-state index contributed by atoms with van der Waals surface area (Å²) in [6.07, 6.45) is 3.50. The largest absolute Gasteiger partial charge is 0.375 e. The maximum atomic E-state index is 13.7. The zero-order chi connectivity index (χ0) is 14.1. The van der Waals surface area contributed by atoms with Crippen molar-refractivity contribution in [2.75, 3.05) is 33.3 Å². The van der Waals surface area contributed by atoms with Crippen molar-refractivity contribution in [3.05, 3.63) is 29.8 Å². The number of hydrogen-bond donors (Lipinski definition) is 0. The number of amides is 1. The number of ether oxygens (including phenoxy) is 1. The molecule has 20 heavy (non-hydrogen) atoms. The number of rotatable bonds is 1. The lowest BCUT2D eigenvalue weighted by Gasteiger charge is -2.45. The van der Waals surface area contributed by atoms with Crippen molar-refractivity contribution < 1.29 is 13.9 Å². The number of likely N-dealkylation sites (N-methyl/N-ethyl adjacent to an activating group) is 1. The highest BCUT2D eigenvalue weighted by atomic mass is 19.1. The van der Waals surface area contributed by atoms with Gasteiger partial charge in [0.05, 0.1) is 30.5 Å². The first-order valence-corrected chi connectivity index (χ1v) is 6.87. The fraction of sp³-hybridized carbons (Fsp3) is 0.571. The summed E-state index contributed by atoms with van der Waals surface area (Å²) in [5, 5.41) is 0.